The van der Waals surface area contributed by atoms with E-state index >= 15 is 0 Å². The van der Waals surface area contributed by atoms with Gasteiger partial charge in [-0.25, -0.2) is 0 Å². The number of aromatic amines is 2. The average Bonchev–Trinajstić information content (AvgIpc) is 2.51. The molecule has 5 N–H and O–H groups in total. The first-order valence-corrected chi connectivity index (χ1v) is 6.47. The Balaban J connectivity index is 2.11. The van der Waals surface area contributed by atoms with Gasteiger partial charge in [-0.15, -0.1) is 0 Å². The smallest absolute Gasteiger partial charge is 0.272 e. The standard InChI is InChI=1S/C15H12N4O3/c16-10-6-2-1-4-8(10)13(20)17-11-7-3-5-9-12(11)15(22)19-18-14(9)21/h1-7H,16H2,(H,17,20)(H,18,21)(H,19,22). The van der Waals surface area contributed by atoms with Crippen molar-refractivity contribution in [2.24, 2.45) is 0 Å². The summed E-state index contributed by atoms with van der Waals surface area (Å²) >= 11 is 0. The van der Waals surface area contributed by atoms with Gasteiger partial charge in [0.15, 0.2) is 0 Å². The number of fused-ring (bicyclic) bond motifs is 1. The highest BCUT2D eigenvalue weighted by Gasteiger charge is 2.13. The molecule has 0 spiro atoms. The summed E-state index contributed by atoms with van der Waals surface area (Å²) < 4.78 is 0. The van der Waals surface area contributed by atoms with Crippen LogP contribution in [0.5, 0.6) is 0 Å². The number of hydrogen-bond donors (Lipinski definition) is 4. The van der Waals surface area contributed by atoms with E-state index in [2.05, 4.69) is 15.5 Å². The van der Waals surface area contributed by atoms with E-state index in [1.165, 1.54) is 6.07 Å². The van der Waals surface area contributed by atoms with E-state index in [-0.39, 0.29) is 16.5 Å². The van der Waals surface area contributed by atoms with Crippen LogP contribution in [-0.2, 0) is 0 Å². The van der Waals surface area contributed by atoms with Gasteiger partial charge in [-0.1, -0.05) is 18.2 Å². The highest BCUT2D eigenvalue weighted by atomic mass is 16.2. The molecule has 1 aromatic heterocycles. The third kappa shape index (κ3) is 2.24. The predicted octanol–water partition coefficient (Wildman–Crippen LogP) is 1.05. The predicted molar refractivity (Wildman–Crippen MR) is 84.0 cm³/mol. The summed E-state index contributed by atoms with van der Waals surface area (Å²) in [4.78, 5) is 36.0. The lowest BCUT2D eigenvalue weighted by Crippen LogP contribution is -2.21. The van der Waals surface area contributed by atoms with E-state index in [9.17, 15) is 14.4 Å². The number of hydrogen-bond acceptors (Lipinski definition) is 4. The first-order chi connectivity index (χ1) is 10.6. The van der Waals surface area contributed by atoms with E-state index in [4.69, 9.17) is 5.73 Å². The second-order valence-electron chi connectivity index (χ2n) is 4.68. The zero-order valence-corrected chi connectivity index (χ0v) is 11.3. The third-order valence-corrected chi connectivity index (χ3v) is 3.28. The van der Waals surface area contributed by atoms with Crippen LogP contribution >= 0.6 is 0 Å². The molecule has 0 aliphatic heterocycles. The van der Waals surface area contributed by atoms with Crippen LogP contribution in [0.1, 0.15) is 10.4 Å². The van der Waals surface area contributed by atoms with Crippen molar-refractivity contribution in [3.63, 3.8) is 0 Å². The van der Waals surface area contributed by atoms with Crippen LogP contribution in [0.4, 0.5) is 11.4 Å². The van der Waals surface area contributed by atoms with Crippen molar-refractivity contribution >= 4 is 28.1 Å². The Bertz CT molecular complexity index is 988. The summed E-state index contributed by atoms with van der Waals surface area (Å²) in [5.74, 6) is -0.453. The van der Waals surface area contributed by atoms with Gasteiger partial charge in [-0.3, -0.25) is 24.6 Å². The van der Waals surface area contributed by atoms with Crippen LogP contribution in [0.2, 0.25) is 0 Å². The van der Waals surface area contributed by atoms with Crippen molar-refractivity contribution in [3.05, 3.63) is 68.7 Å². The number of H-pyrrole nitrogens is 2. The summed E-state index contributed by atoms with van der Waals surface area (Å²) in [6.07, 6.45) is 0. The van der Waals surface area contributed by atoms with Crippen LogP contribution in [0.3, 0.4) is 0 Å². The topological polar surface area (TPSA) is 121 Å². The summed E-state index contributed by atoms with van der Waals surface area (Å²) in [6, 6.07) is 11.2. The molecule has 0 aliphatic rings. The molecule has 7 nitrogen and oxygen atoms in total. The quantitative estimate of drug-likeness (QED) is 0.528. The third-order valence-electron chi connectivity index (χ3n) is 3.28. The number of aromatic nitrogens is 2. The van der Waals surface area contributed by atoms with Crippen molar-refractivity contribution in [2.45, 2.75) is 0 Å². The lowest BCUT2D eigenvalue weighted by atomic mass is 10.1. The van der Waals surface area contributed by atoms with Crippen LogP contribution in [0.25, 0.3) is 10.8 Å². The number of rotatable bonds is 2. The number of para-hydroxylation sites is 1. The number of benzene rings is 2. The Morgan fingerprint density at radius 1 is 0.955 bits per heavy atom. The maximum absolute atomic E-state index is 12.3. The van der Waals surface area contributed by atoms with E-state index in [1.807, 2.05) is 0 Å². The molecule has 0 aliphatic carbocycles. The van der Waals surface area contributed by atoms with Crippen molar-refractivity contribution in [1.82, 2.24) is 10.2 Å². The molecule has 0 saturated carbocycles. The van der Waals surface area contributed by atoms with Gasteiger partial charge in [0.05, 0.1) is 22.0 Å². The van der Waals surface area contributed by atoms with Gasteiger partial charge in [0.25, 0.3) is 17.0 Å². The number of anilines is 2. The van der Waals surface area contributed by atoms with Crippen molar-refractivity contribution in [1.29, 1.82) is 0 Å². The SMILES string of the molecule is Nc1ccccc1C(=O)Nc1cccc2c(=O)[nH][nH]c(=O)c12. The zero-order chi connectivity index (χ0) is 15.7. The average molecular weight is 296 g/mol. The summed E-state index contributed by atoms with van der Waals surface area (Å²) in [7, 11) is 0. The van der Waals surface area contributed by atoms with Crippen molar-refractivity contribution < 1.29 is 4.79 Å². The number of nitrogens with two attached hydrogens (primary N) is 1. The zero-order valence-electron chi connectivity index (χ0n) is 11.3. The Morgan fingerprint density at radius 3 is 2.45 bits per heavy atom. The maximum Gasteiger partial charge on any atom is 0.272 e. The molecule has 2 aromatic carbocycles. The van der Waals surface area contributed by atoms with E-state index in [1.54, 1.807) is 36.4 Å². The molecule has 0 bridgehead atoms. The van der Waals surface area contributed by atoms with Gasteiger partial charge in [0, 0.05) is 5.69 Å². The van der Waals surface area contributed by atoms with Crippen LogP contribution < -0.4 is 22.2 Å². The Labute approximate surface area is 123 Å². The first-order valence-electron chi connectivity index (χ1n) is 6.47. The molecule has 3 rings (SSSR count). The fraction of sp³-hybridized carbons (Fsp3) is 0. The summed E-state index contributed by atoms with van der Waals surface area (Å²) in [5, 5.41) is 7.41. The largest absolute Gasteiger partial charge is 0.398 e. The fourth-order valence-corrected chi connectivity index (χ4v) is 2.23. The molecule has 1 amide bonds. The fourth-order valence-electron chi connectivity index (χ4n) is 2.23. The molecule has 3 aromatic rings. The molecule has 7 heteroatoms. The Morgan fingerprint density at radius 2 is 1.68 bits per heavy atom. The second-order valence-corrected chi connectivity index (χ2v) is 4.68. The molecule has 1 heterocycles. The minimum absolute atomic E-state index is 0.120. The van der Waals surface area contributed by atoms with Gasteiger partial charge in [-0.05, 0) is 24.3 Å². The molecule has 0 radical (unpaired) electrons. The van der Waals surface area contributed by atoms with Crippen LogP contribution in [0.15, 0.2) is 52.1 Å². The second kappa shape index (κ2) is 5.21. The van der Waals surface area contributed by atoms with Gasteiger partial charge < -0.3 is 11.1 Å². The highest BCUT2D eigenvalue weighted by Crippen LogP contribution is 2.19. The lowest BCUT2D eigenvalue weighted by Gasteiger charge is -2.09. The lowest BCUT2D eigenvalue weighted by molar-refractivity contribution is 0.102. The number of nitrogen functional groups attached to an aromatic ring is 1. The molecule has 0 saturated heterocycles. The van der Waals surface area contributed by atoms with Crippen molar-refractivity contribution in [3.8, 4) is 0 Å². The monoisotopic (exact) mass is 296 g/mol. The Hall–Kier alpha value is -3.35. The minimum atomic E-state index is -0.494. The van der Waals surface area contributed by atoms with Crippen LogP contribution in [-0.4, -0.2) is 16.1 Å². The Kier molecular flexibility index (Phi) is 3.23. The molecular formula is C15H12N4O3. The van der Waals surface area contributed by atoms with Crippen molar-refractivity contribution in [2.75, 3.05) is 11.1 Å². The number of carbonyl (C=O) groups excluding carboxylic acids is 1. The molecule has 0 atom stereocenters. The van der Waals surface area contributed by atoms with Gasteiger partial charge >= 0.3 is 0 Å². The van der Waals surface area contributed by atoms with E-state index in [0.717, 1.165) is 0 Å². The number of carbonyl (C=O) groups is 1. The maximum atomic E-state index is 12.3. The molecule has 0 fully saturated rings. The highest BCUT2D eigenvalue weighted by molar-refractivity contribution is 6.11. The van der Waals surface area contributed by atoms with Crippen LogP contribution in [0, 0.1) is 0 Å². The molecule has 22 heavy (non-hydrogen) atoms. The molecule has 0 unspecified atom stereocenters. The summed E-state index contributed by atoms with van der Waals surface area (Å²) in [6.45, 7) is 0. The van der Waals surface area contributed by atoms with E-state index < -0.39 is 17.0 Å². The normalized spacial score (nSPS) is 10.5. The van der Waals surface area contributed by atoms with Gasteiger partial charge in [0.2, 0.25) is 0 Å². The first kappa shape index (κ1) is 13.6. The van der Waals surface area contributed by atoms with Gasteiger partial charge in [0.1, 0.15) is 0 Å². The summed E-state index contributed by atoms with van der Waals surface area (Å²) in [5.41, 5.74) is 5.69. The number of amides is 1. The number of nitrogens with one attached hydrogen (secondary N) is 3. The minimum Gasteiger partial charge on any atom is -0.398 e. The molecular weight excluding hydrogens is 284 g/mol. The molecule has 110 valence electrons. The van der Waals surface area contributed by atoms with E-state index in [0.29, 0.717) is 11.3 Å². The van der Waals surface area contributed by atoms with Gasteiger partial charge in [-0.2, -0.15) is 0 Å².